The Morgan fingerprint density at radius 3 is 2.35 bits per heavy atom. The van der Waals surface area contributed by atoms with Crippen LogP contribution in [0.15, 0.2) is 36.4 Å². The minimum Gasteiger partial charge on any atom is -0.397 e. The summed E-state index contributed by atoms with van der Waals surface area (Å²) in [5.74, 6) is 3.88. The average Bonchev–Trinajstić information content (AvgIpc) is 3.30. The maximum atomic E-state index is 14.2. The number of para-hydroxylation sites is 1. The summed E-state index contributed by atoms with van der Waals surface area (Å²) in [6.45, 7) is 2.92. The van der Waals surface area contributed by atoms with Gasteiger partial charge in [-0.05, 0) is 99.6 Å². The van der Waals surface area contributed by atoms with Crippen molar-refractivity contribution in [2.75, 3.05) is 44.3 Å². The third-order valence-electron chi connectivity index (χ3n) is 12.1. The number of urea groups is 2. The third kappa shape index (κ3) is 6.93. The molecule has 0 radical (unpaired) electrons. The van der Waals surface area contributed by atoms with Crippen molar-refractivity contribution in [3.63, 3.8) is 0 Å². The predicted octanol–water partition coefficient (Wildman–Crippen LogP) is 5.15. The summed E-state index contributed by atoms with van der Waals surface area (Å²) in [5.41, 5.74) is 9.58. The monoisotopic (exact) mass is 685 g/mol. The fourth-order valence-corrected chi connectivity index (χ4v) is 9.38. The van der Waals surface area contributed by atoms with Crippen molar-refractivity contribution < 1.29 is 14.4 Å². The van der Waals surface area contributed by atoms with Crippen LogP contribution in [0.25, 0.3) is 0 Å². The van der Waals surface area contributed by atoms with Gasteiger partial charge in [-0.3, -0.25) is 4.79 Å². The predicted molar refractivity (Wildman–Crippen MR) is 192 cm³/mol. The number of fused-ring (bicyclic) bond motifs is 3. The van der Waals surface area contributed by atoms with E-state index in [9.17, 15) is 14.4 Å². The highest BCUT2D eigenvalue weighted by Crippen LogP contribution is 2.43. The first kappa shape index (κ1) is 33.6. The molecule has 5 heterocycles. The quantitative estimate of drug-likeness (QED) is 0.288. The number of carbonyl (C=O) groups is 3. The lowest BCUT2D eigenvalue weighted by Gasteiger charge is -2.43. The number of nitrogens with two attached hydrogens (primary N) is 1. The number of amides is 5. The summed E-state index contributed by atoms with van der Waals surface area (Å²) >= 11 is 6.43. The molecule has 5 aliphatic heterocycles. The van der Waals surface area contributed by atoms with Gasteiger partial charge in [0.2, 0.25) is 5.91 Å². The molecule has 2 aromatic rings. The summed E-state index contributed by atoms with van der Waals surface area (Å²) in [5, 5.41) is 6.43. The number of piperidine rings is 3. The van der Waals surface area contributed by atoms with Gasteiger partial charge in [-0.25, -0.2) is 9.59 Å². The highest BCUT2D eigenvalue weighted by Gasteiger charge is 2.42. The molecule has 4 saturated heterocycles. The van der Waals surface area contributed by atoms with E-state index in [1.807, 2.05) is 34.1 Å². The van der Waals surface area contributed by atoms with Gasteiger partial charge in [0.05, 0.1) is 10.7 Å². The van der Waals surface area contributed by atoms with Gasteiger partial charge >= 0.3 is 12.1 Å². The van der Waals surface area contributed by atoms with Crippen molar-refractivity contribution in [2.45, 2.75) is 88.5 Å². The topological polar surface area (TPSA) is 114 Å². The van der Waals surface area contributed by atoms with Crippen LogP contribution in [0.2, 0.25) is 5.02 Å². The Morgan fingerprint density at radius 1 is 0.980 bits per heavy atom. The first-order chi connectivity index (χ1) is 23.7. The van der Waals surface area contributed by atoms with Crippen LogP contribution in [-0.4, -0.2) is 95.0 Å². The van der Waals surface area contributed by atoms with Crippen LogP contribution in [0.5, 0.6) is 0 Å². The van der Waals surface area contributed by atoms with Crippen molar-refractivity contribution >= 4 is 40.9 Å². The van der Waals surface area contributed by atoms with Crippen LogP contribution >= 0.6 is 11.6 Å². The second-order valence-electron chi connectivity index (χ2n) is 14.8. The SMILES string of the molecule is C#Cc1cc(C[C@@H](NC(=O)N2CCC(N3Cc4ccccc4NC3=O)CC2)C(=O)N2CCC(C3CC4CCC(C3)N4C)CC2)cc(Cl)c1N. The number of terminal acetylenes is 1. The molecule has 3 atom stereocenters. The first-order valence-electron chi connectivity index (χ1n) is 17.9. The Labute approximate surface area is 294 Å². The van der Waals surface area contributed by atoms with E-state index >= 15 is 0 Å². The van der Waals surface area contributed by atoms with Gasteiger partial charge in [0.1, 0.15) is 6.04 Å². The van der Waals surface area contributed by atoms with Gasteiger partial charge in [0, 0.05) is 68.5 Å². The Balaban J connectivity index is 1.000. The number of likely N-dealkylation sites (tertiary alicyclic amines) is 2. The first-order valence-corrected chi connectivity index (χ1v) is 18.3. The largest absolute Gasteiger partial charge is 0.397 e. The van der Waals surface area contributed by atoms with Crippen LogP contribution in [0.3, 0.4) is 0 Å². The molecule has 2 bridgehead atoms. The Kier molecular flexibility index (Phi) is 9.67. The zero-order chi connectivity index (χ0) is 34.2. The Bertz CT molecular complexity index is 1610. The molecule has 260 valence electrons. The molecule has 2 unspecified atom stereocenters. The van der Waals surface area contributed by atoms with Gasteiger partial charge in [-0.15, -0.1) is 6.42 Å². The number of anilines is 2. The maximum Gasteiger partial charge on any atom is 0.322 e. The van der Waals surface area contributed by atoms with Gasteiger partial charge in [-0.2, -0.15) is 0 Å². The van der Waals surface area contributed by atoms with E-state index in [1.165, 1.54) is 25.7 Å². The Hall–Kier alpha value is -3.94. The Morgan fingerprint density at radius 2 is 1.65 bits per heavy atom. The van der Waals surface area contributed by atoms with Crippen molar-refractivity contribution in [2.24, 2.45) is 11.8 Å². The number of nitrogens with one attached hydrogen (secondary N) is 2. The minimum atomic E-state index is -0.782. The zero-order valence-corrected chi connectivity index (χ0v) is 29.1. The van der Waals surface area contributed by atoms with E-state index in [0.717, 1.165) is 35.6 Å². The molecule has 49 heavy (non-hydrogen) atoms. The van der Waals surface area contributed by atoms with E-state index in [0.29, 0.717) is 79.8 Å². The highest BCUT2D eigenvalue weighted by atomic mass is 35.5. The zero-order valence-electron chi connectivity index (χ0n) is 28.4. The van der Waals surface area contributed by atoms with E-state index in [2.05, 4.69) is 28.5 Å². The van der Waals surface area contributed by atoms with Crippen LogP contribution in [0, 0.1) is 24.2 Å². The number of benzene rings is 2. The van der Waals surface area contributed by atoms with Gasteiger partial charge in [0.15, 0.2) is 0 Å². The molecule has 2 aromatic carbocycles. The molecule has 11 heteroatoms. The lowest BCUT2D eigenvalue weighted by atomic mass is 9.76. The number of rotatable bonds is 6. The number of carbonyl (C=O) groups excluding carboxylic acids is 3. The molecule has 0 aliphatic carbocycles. The molecule has 4 fully saturated rings. The number of nitrogen functional groups attached to an aromatic ring is 1. The van der Waals surface area contributed by atoms with E-state index in [1.54, 1.807) is 17.0 Å². The third-order valence-corrected chi connectivity index (χ3v) is 12.4. The van der Waals surface area contributed by atoms with Crippen molar-refractivity contribution in [3.05, 3.63) is 58.1 Å². The second-order valence-corrected chi connectivity index (χ2v) is 15.2. The van der Waals surface area contributed by atoms with Gasteiger partial charge < -0.3 is 36.0 Å². The van der Waals surface area contributed by atoms with Crippen molar-refractivity contribution in [1.29, 1.82) is 0 Å². The van der Waals surface area contributed by atoms with E-state index in [4.69, 9.17) is 23.8 Å². The summed E-state index contributed by atoms with van der Waals surface area (Å²) in [6, 6.07) is 11.6. The standard InChI is InChI=1S/C38H48ClN7O3/c1-3-25-18-24(19-32(39)35(25)40)20-34(36(47)44-14-10-26(11-15-44)28-21-30-8-9-31(22-28)43(30)2)42-37(48)45-16-12-29(13-17-45)46-23-27-6-4-5-7-33(27)41-38(46)49/h1,4-7,18-19,26,28-31,34H,8-17,20-23,40H2,2H3,(H,41,49)(H,42,48)/t28?,30?,31?,34-/m1/s1. The molecule has 0 saturated carbocycles. The fourth-order valence-electron chi connectivity index (χ4n) is 9.14. The van der Waals surface area contributed by atoms with E-state index < -0.39 is 6.04 Å². The highest BCUT2D eigenvalue weighted by molar-refractivity contribution is 6.33. The lowest BCUT2D eigenvalue weighted by molar-refractivity contribution is -0.135. The summed E-state index contributed by atoms with van der Waals surface area (Å²) in [4.78, 5) is 49.0. The fraction of sp³-hybridized carbons (Fsp3) is 0.553. The normalized spacial score (nSPS) is 25.4. The van der Waals surface area contributed by atoms with Gasteiger partial charge in [-0.1, -0.05) is 35.7 Å². The summed E-state index contributed by atoms with van der Waals surface area (Å²) in [7, 11) is 2.28. The molecular weight excluding hydrogens is 638 g/mol. The molecule has 0 aromatic heterocycles. The molecule has 7 rings (SSSR count). The molecule has 4 N–H and O–H groups in total. The second kappa shape index (κ2) is 14.1. The number of hydrogen-bond donors (Lipinski definition) is 3. The number of nitrogens with zero attached hydrogens (tertiary/aromatic N) is 4. The van der Waals surface area contributed by atoms with E-state index in [-0.39, 0.29) is 30.4 Å². The smallest absolute Gasteiger partial charge is 0.322 e. The average molecular weight is 686 g/mol. The molecule has 0 spiro atoms. The number of hydrogen-bond acceptors (Lipinski definition) is 5. The van der Waals surface area contributed by atoms with Crippen molar-refractivity contribution in [1.82, 2.24) is 24.9 Å². The number of halogens is 1. The lowest BCUT2D eigenvalue weighted by Crippen LogP contribution is -2.57. The molecule has 5 amide bonds. The van der Waals surface area contributed by atoms with Crippen LogP contribution in [0.1, 0.15) is 68.1 Å². The van der Waals surface area contributed by atoms with Crippen LogP contribution < -0.4 is 16.4 Å². The maximum absolute atomic E-state index is 14.2. The molecule has 10 nitrogen and oxygen atoms in total. The van der Waals surface area contributed by atoms with Crippen LogP contribution in [-0.2, 0) is 17.8 Å². The summed E-state index contributed by atoms with van der Waals surface area (Å²) in [6.07, 6.45) is 14.4. The molecular formula is C38H48ClN7O3. The summed E-state index contributed by atoms with van der Waals surface area (Å²) < 4.78 is 0. The van der Waals surface area contributed by atoms with Gasteiger partial charge in [0.25, 0.3) is 0 Å². The molecule has 5 aliphatic rings. The van der Waals surface area contributed by atoms with Crippen LogP contribution in [0.4, 0.5) is 21.0 Å². The van der Waals surface area contributed by atoms with Crippen molar-refractivity contribution in [3.8, 4) is 12.3 Å². The minimum absolute atomic E-state index is 0.0231.